The van der Waals surface area contributed by atoms with Gasteiger partial charge in [-0.3, -0.25) is 4.40 Å². The van der Waals surface area contributed by atoms with Gasteiger partial charge in [0, 0.05) is 5.56 Å². The van der Waals surface area contributed by atoms with Crippen molar-refractivity contribution in [1.29, 1.82) is 0 Å². The van der Waals surface area contributed by atoms with E-state index in [1.54, 1.807) is 29.5 Å². The first kappa shape index (κ1) is 16.3. The fraction of sp³-hybridized carbons (Fsp3) is 0.167. The van der Waals surface area contributed by atoms with Gasteiger partial charge in [-0.25, -0.2) is 4.98 Å². The molecule has 0 spiro atoms. The lowest BCUT2D eigenvalue weighted by Gasteiger charge is -2.16. The van der Waals surface area contributed by atoms with Crippen LogP contribution in [0.2, 0.25) is 0 Å². The Bertz CT molecular complexity index is 1130. The van der Waals surface area contributed by atoms with Gasteiger partial charge in [-0.05, 0) is 30.7 Å². The molecule has 0 saturated heterocycles. The minimum Gasteiger partial charge on any atom is -0.494 e. The maximum absolute atomic E-state index is 13.5. The molecule has 0 unspecified atom stereocenters. The number of halogens is 3. The Morgan fingerprint density at radius 3 is 2.54 bits per heavy atom. The lowest BCUT2D eigenvalue weighted by atomic mass is 9.97. The number of alkyl halides is 3. The van der Waals surface area contributed by atoms with E-state index in [0.29, 0.717) is 33.7 Å². The maximum Gasteiger partial charge on any atom is 0.417 e. The van der Waals surface area contributed by atoms with Gasteiger partial charge < -0.3 is 4.74 Å². The van der Waals surface area contributed by atoms with Crippen molar-refractivity contribution in [3.8, 4) is 16.9 Å². The predicted molar refractivity (Wildman–Crippen MR) is 90.0 cm³/mol. The Kier molecular flexibility index (Phi) is 3.57. The minimum atomic E-state index is -4.47. The smallest absolute Gasteiger partial charge is 0.417 e. The Morgan fingerprint density at radius 2 is 1.81 bits per heavy atom. The van der Waals surface area contributed by atoms with Crippen LogP contribution in [0.3, 0.4) is 0 Å². The molecule has 0 atom stereocenters. The monoisotopic (exact) mass is 358 g/mol. The molecule has 2 heterocycles. The summed E-state index contributed by atoms with van der Waals surface area (Å²) in [5.74, 6) is 0.477. The number of methoxy groups -OCH3 is 1. The molecule has 26 heavy (non-hydrogen) atoms. The predicted octanol–water partition coefficient (Wildman–Crippen LogP) is 4.28. The van der Waals surface area contributed by atoms with Gasteiger partial charge in [0.1, 0.15) is 17.6 Å². The van der Waals surface area contributed by atoms with Gasteiger partial charge in [0.25, 0.3) is 0 Å². The first-order valence-corrected chi connectivity index (χ1v) is 7.75. The highest BCUT2D eigenvalue weighted by Gasteiger charge is 2.34. The number of nitrogens with zero attached hydrogens (tertiary/aromatic N) is 4. The Labute approximate surface area is 146 Å². The summed E-state index contributed by atoms with van der Waals surface area (Å²) in [5, 5.41) is 7.90. The highest BCUT2D eigenvalue weighted by molar-refractivity contribution is 5.97. The standard InChI is InChI=1S/C18H13F3N4O/c1-10-17-24-22-9-25(17)16-14(26-2)8-7-12(15(16)23-10)11-5-3-4-6-13(11)18(19,20)21/h3-9H,1-2H3. The zero-order valence-electron chi connectivity index (χ0n) is 13.9. The van der Waals surface area contributed by atoms with Crippen molar-refractivity contribution < 1.29 is 17.9 Å². The Morgan fingerprint density at radius 1 is 1.04 bits per heavy atom. The van der Waals surface area contributed by atoms with Gasteiger partial charge >= 0.3 is 6.18 Å². The van der Waals surface area contributed by atoms with E-state index in [0.717, 1.165) is 6.07 Å². The van der Waals surface area contributed by atoms with Gasteiger partial charge in [-0.1, -0.05) is 18.2 Å². The van der Waals surface area contributed by atoms with Crippen LogP contribution >= 0.6 is 0 Å². The molecule has 4 aromatic rings. The number of fused-ring (bicyclic) bond motifs is 3. The van der Waals surface area contributed by atoms with Crippen molar-refractivity contribution in [1.82, 2.24) is 19.6 Å². The largest absolute Gasteiger partial charge is 0.494 e. The summed E-state index contributed by atoms with van der Waals surface area (Å²) in [6.07, 6.45) is -2.98. The zero-order chi connectivity index (χ0) is 18.5. The molecule has 0 fully saturated rings. The number of rotatable bonds is 2. The summed E-state index contributed by atoms with van der Waals surface area (Å²) in [6.45, 7) is 1.74. The molecule has 0 aliphatic heterocycles. The van der Waals surface area contributed by atoms with Crippen LogP contribution in [0.15, 0.2) is 42.7 Å². The molecule has 0 aliphatic rings. The molecule has 8 heteroatoms. The second kappa shape index (κ2) is 5.69. The number of hydrogen-bond acceptors (Lipinski definition) is 4. The van der Waals surface area contributed by atoms with Crippen LogP contribution < -0.4 is 4.74 Å². The van der Waals surface area contributed by atoms with Crippen LogP contribution in [0.5, 0.6) is 5.75 Å². The van der Waals surface area contributed by atoms with Crippen LogP contribution in [-0.2, 0) is 6.18 Å². The lowest BCUT2D eigenvalue weighted by Crippen LogP contribution is -2.07. The Hall–Kier alpha value is -3.16. The SMILES string of the molecule is COc1ccc(-c2ccccc2C(F)(F)F)c2nc(C)c3nncn3c12. The summed E-state index contributed by atoms with van der Waals surface area (Å²) in [6, 6.07) is 8.67. The normalized spacial score (nSPS) is 12.0. The van der Waals surface area contributed by atoms with Crippen molar-refractivity contribution in [3.05, 3.63) is 54.0 Å². The van der Waals surface area contributed by atoms with Crippen LogP contribution in [0.25, 0.3) is 27.8 Å². The van der Waals surface area contributed by atoms with E-state index < -0.39 is 11.7 Å². The van der Waals surface area contributed by atoms with E-state index in [1.807, 2.05) is 0 Å². The average molecular weight is 358 g/mol. The van der Waals surface area contributed by atoms with Crippen molar-refractivity contribution in [2.24, 2.45) is 0 Å². The second-order valence-corrected chi connectivity index (χ2v) is 5.78. The second-order valence-electron chi connectivity index (χ2n) is 5.78. The minimum absolute atomic E-state index is 0.0620. The number of aryl methyl sites for hydroxylation is 1. The first-order chi connectivity index (χ1) is 12.4. The molecule has 0 saturated carbocycles. The fourth-order valence-corrected chi connectivity index (χ4v) is 3.12. The highest BCUT2D eigenvalue weighted by atomic mass is 19.4. The molecule has 4 rings (SSSR count). The molecule has 2 aromatic heterocycles. The number of ether oxygens (including phenoxy) is 1. The van der Waals surface area contributed by atoms with Crippen molar-refractivity contribution in [3.63, 3.8) is 0 Å². The fourth-order valence-electron chi connectivity index (χ4n) is 3.12. The van der Waals surface area contributed by atoms with E-state index in [2.05, 4.69) is 15.2 Å². The van der Waals surface area contributed by atoms with E-state index in [9.17, 15) is 13.2 Å². The molecule has 132 valence electrons. The summed E-state index contributed by atoms with van der Waals surface area (Å²) in [4.78, 5) is 4.51. The molecule has 0 N–H and O–H groups in total. The van der Waals surface area contributed by atoms with Crippen LogP contribution in [-0.4, -0.2) is 26.7 Å². The summed E-state index contributed by atoms with van der Waals surface area (Å²) < 4.78 is 47.5. The first-order valence-electron chi connectivity index (χ1n) is 7.75. The highest BCUT2D eigenvalue weighted by Crippen LogP contribution is 2.40. The van der Waals surface area contributed by atoms with E-state index in [-0.39, 0.29) is 5.56 Å². The summed E-state index contributed by atoms with van der Waals surface area (Å²) >= 11 is 0. The lowest BCUT2D eigenvalue weighted by molar-refractivity contribution is -0.137. The average Bonchev–Trinajstić information content (AvgIpc) is 3.10. The molecule has 2 aromatic carbocycles. The molecule has 0 aliphatic carbocycles. The molecule has 0 bridgehead atoms. The summed E-state index contributed by atoms with van der Waals surface area (Å²) in [7, 11) is 1.49. The van der Waals surface area contributed by atoms with Crippen molar-refractivity contribution in [2.45, 2.75) is 13.1 Å². The van der Waals surface area contributed by atoms with Crippen LogP contribution in [0.4, 0.5) is 13.2 Å². The molecule has 5 nitrogen and oxygen atoms in total. The third kappa shape index (κ3) is 2.37. The van der Waals surface area contributed by atoms with E-state index in [1.165, 1.54) is 25.6 Å². The molecule has 0 amide bonds. The van der Waals surface area contributed by atoms with Crippen LogP contribution in [0.1, 0.15) is 11.3 Å². The number of hydrogen-bond donors (Lipinski definition) is 0. The third-order valence-electron chi connectivity index (χ3n) is 4.25. The van der Waals surface area contributed by atoms with Gasteiger partial charge in [0.05, 0.1) is 23.9 Å². The van der Waals surface area contributed by atoms with Gasteiger partial charge in [-0.2, -0.15) is 13.2 Å². The number of aromatic nitrogens is 4. The maximum atomic E-state index is 13.5. The van der Waals surface area contributed by atoms with Crippen molar-refractivity contribution >= 4 is 16.7 Å². The quantitative estimate of drug-likeness (QED) is 0.537. The van der Waals surface area contributed by atoms with Gasteiger partial charge in [0.15, 0.2) is 5.65 Å². The van der Waals surface area contributed by atoms with Gasteiger partial charge in [-0.15, -0.1) is 10.2 Å². The number of benzene rings is 2. The van der Waals surface area contributed by atoms with E-state index in [4.69, 9.17) is 4.74 Å². The molecular weight excluding hydrogens is 345 g/mol. The Balaban J connectivity index is 2.16. The van der Waals surface area contributed by atoms with E-state index >= 15 is 0 Å². The van der Waals surface area contributed by atoms with Gasteiger partial charge in [0.2, 0.25) is 0 Å². The van der Waals surface area contributed by atoms with Crippen LogP contribution in [0, 0.1) is 6.92 Å². The zero-order valence-corrected chi connectivity index (χ0v) is 13.9. The summed E-state index contributed by atoms with van der Waals surface area (Å²) in [5.41, 5.74) is 1.72. The third-order valence-corrected chi connectivity index (χ3v) is 4.25. The van der Waals surface area contributed by atoms with Crippen molar-refractivity contribution in [2.75, 3.05) is 7.11 Å². The molecule has 0 radical (unpaired) electrons. The molecular formula is C18H13F3N4O. The topological polar surface area (TPSA) is 52.3 Å².